The molecule has 0 saturated carbocycles. The lowest BCUT2D eigenvalue weighted by molar-refractivity contribution is -0.115. The van der Waals surface area contributed by atoms with Crippen molar-refractivity contribution in [2.24, 2.45) is 0 Å². The first-order chi connectivity index (χ1) is 11.9. The van der Waals surface area contributed by atoms with Crippen molar-refractivity contribution in [3.63, 3.8) is 0 Å². The van der Waals surface area contributed by atoms with E-state index in [4.69, 9.17) is 12.2 Å². The second-order valence-electron chi connectivity index (χ2n) is 5.35. The number of nitrogens with one attached hydrogen (secondary N) is 3. The lowest BCUT2D eigenvalue weighted by Crippen LogP contribution is -2.34. The summed E-state index contributed by atoms with van der Waals surface area (Å²) in [5.74, 6) is -0.949. The molecule has 25 heavy (non-hydrogen) atoms. The molecule has 2 rings (SSSR count). The minimum atomic E-state index is -0.441. The molecule has 0 aromatic heterocycles. The molecule has 0 atom stereocenters. The third-order valence-corrected chi connectivity index (χ3v) is 3.63. The molecule has 0 saturated heterocycles. The summed E-state index contributed by atoms with van der Waals surface area (Å²) < 4.78 is 12.9. The van der Waals surface area contributed by atoms with E-state index in [1.807, 2.05) is 13.0 Å². The molecule has 3 N–H and O–H groups in total. The van der Waals surface area contributed by atoms with Crippen LogP contribution in [0.2, 0.25) is 0 Å². The van der Waals surface area contributed by atoms with Gasteiger partial charge in [0.25, 0.3) is 5.91 Å². The van der Waals surface area contributed by atoms with E-state index >= 15 is 0 Å². The predicted octanol–water partition coefficient (Wildman–Crippen LogP) is 3.61. The van der Waals surface area contributed by atoms with Crippen molar-refractivity contribution in [2.75, 3.05) is 10.6 Å². The van der Waals surface area contributed by atoms with Gasteiger partial charge in [-0.05, 0) is 61.1 Å². The summed E-state index contributed by atoms with van der Waals surface area (Å²) in [5.41, 5.74) is 2.50. The molecule has 0 unspecified atom stereocenters. The minimum absolute atomic E-state index is 0.0903. The summed E-state index contributed by atoms with van der Waals surface area (Å²) >= 11 is 5.12. The molecule has 0 fully saturated rings. The largest absolute Gasteiger partial charge is 0.332 e. The number of rotatable bonds is 4. The fourth-order valence-corrected chi connectivity index (χ4v) is 2.22. The molecule has 0 aliphatic heterocycles. The molecular weight excluding hydrogens is 341 g/mol. The van der Waals surface area contributed by atoms with E-state index in [1.54, 1.807) is 19.1 Å². The molecule has 0 aliphatic carbocycles. The van der Waals surface area contributed by atoms with Crippen LogP contribution in [0.5, 0.6) is 0 Å². The first-order valence-electron chi connectivity index (χ1n) is 7.67. The SMILES string of the molecule is CCC(=O)Nc1cc(NC(=S)NC(=O)c2ccc(F)cc2)ccc1C. The summed E-state index contributed by atoms with van der Waals surface area (Å²) in [4.78, 5) is 23.6. The lowest BCUT2D eigenvalue weighted by atomic mass is 10.1. The first kappa shape index (κ1) is 18.5. The van der Waals surface area contributed by atoms with Gasteiger partial charge in [-0.2, -0.15) is 0 Å². The van der Waals surface area contributed by atoms with E-state index in [9.17, 15) is 14.0 Å². The van der Waals surface area contributed by atoms with Crippen molar-refractivity contribution in [3.8, 4) is 0 Å². The van der Waals surface area contributed by atoms with Gasteiger partial charge >= 0.3 is 0 Å². The zero-order valence-corrected chi connectivity index (χ0v) is 14.7. The van der Waals surface area contributed by atoms with Gasteiger partial charge in [-0.3, -0.25) is 14.9 Å². The monoisotopic (exact) mass is 359 g/mol. The van der Waals surface area contributed by atoms with Gasteiger partial charge < -0.3 is 10.6 Å². The number of halogens is 1. The van der Waals surface area contributed by atoms with E-state index < -0.39 is 11.7 Å². The van der Waals surface area contributed by atoms with Crippen LogP contribution in [0.4, 0.5) is 15.8 Å². The molecule has 0 bridgehead atoms. The summed E-state index contributed by atoms with van der Waals surface area (Å²) in [7, 11) is 0. The number of thiocarbonyl (C=S) groups is 1. The fourth-order valence-electron chi connectivity index (χ4n) is 2.01. The molecule has 0 spiro atoms. The Labute approximate surface area is 150 Å². The van der Waals surface area contributed by atoms with Crippen LogP contribution < -0.4 is 16.0 Å². The van der Waals surface area contributed by atoms with E-state index in [1.165, 1.54) is 24.3 Å². The number of amides is 2. The molecular formula is C18H18FN3O2S. The van der Waals surface area contributed by atoms with E-state index in [2.05, 4.69) is 16.0 Å². The third kappa shape index (κ3) is 5.36. The van der Waals surface area contributed by atoms with Crippen LogP contribution in [0.3, 0.4) is 0 Å². The number of hydrogen-bond acceptors (Lipinski definition) is 3. The highest BCUT2D eigenvalue weighted by Crippen LogP contribution is 2.20. The zero-order chi connectivity index (χ0) is 18.4. The normalized spacial score (nSPS) is 10.0. The van der Waals surface area contributed by atoms with Crippen molar-refractivity contribution in [3.05, 3.63) is 59.4 Å². The van der Waals surface area contributed by atoms with Gasteiger partial charge in [-0.1, -0.05) is 13.0 Å². The minimum Gasteiger partial charge on any atom is -0.332 e. The zero-order valence-electron chi connectivity index (χ0n) is 13.9. The molecule has 2 aromatic rings. The van der Waals surface area contributed by atoms with Crippen LogP contribution >= 0.6 is 12.2 Å². The number of carbonyl (C=O) groups excluding carboxylic acids is 2. The second-order valence-corrected chi connectivity index (χ2v) is 5.75. The molecule has 0 heterocycles. The quantitative estimate of drug-likeness (QED) is 0.730. The van der Waals surface area contributed by atoms with Crippen LogP contribution in [0.25, 0.3) is 0 Å². The maximum atomic E-state index is 12.9. The highest BCUT2D eigenvalue weighted by molar-refractivity contribution is 7.80. The van der Waals surface area contributed by atoms with E-state index in [0.717, 1.165) is 5.56 Å². The van der Waals surface area contributed by atoms with Gasteiger partial charge in [0.05, 0.1) is 0 Å². The smallest absolute Gasteiger partial charge is 0.257 e. The van der Waals surface area contributed by atoms with Crippen molar-refractivity contribution in [1.82, 2.24) is 5.32 Å². The Hall–Kier alpha value is -2.80. The molecule has 5 nitrogen and oxygen atoms in total. The second kappa shape index (κ2) is 8.34. The molecule has 2 aromatic carbocycles. The van der Waals surface area contributed by atoms with Gasteiger partial charge in [0, 0.05) is 23.4 Å². The van der Waals surface area contributed by atoms with Crippen LogP contribution in [-0.4, -0.2) is 16.9 Å². The Morgan fingerprint density at radius 2 is 1.76 bits per heavy atom. The Morgan fingerprint density at radius 1 is 1.08 bits per heavy atom. The van der Waals surface area contributed by atoms with Crippen molar-refractivity contribution >= 4 is 40.5 Å². The highest BCUT2D eigenvalue weighted by atomic mass is 32.1. The molecule has 2 amide bonds. The number of aryl methyl sites for hydroxylation is 1. The average molecular weight is 359 g/mol. The van der Waals surface area contributed by atoms with Gasteiger partial charge in [-0.25, -0.2) is 4.39 Å². The van der Waals surface area contributed by atoms with Gasteiger partial charge in [-0.15, -0.1) is 0 Å². The van der Waals surface area contributed by atoms with E-state index in [0.29, 0.717) is 23.4 Å². The standard InChI is InChI=1S/C18H18FN3O2S/c1-3-16(23)21-15-10-14(9-4-11(15)2)20-18(25)22-17(24)12-5-7-13(19)8-6-12/h4-10H,3H2,1-2H3,(H,21,23)(H2,20,22,24,25). The van der Waals surface area contributed by atoms with Crippen LogP contribution in [0, 0.1) is 12.7 Å². The van der Waals surface area contributed by atoms with Crippen molar-refractivity contribution in [1.29, 1.82) is 0 Å². The predicted molar refractivity (Wildman–Crippen MR) is 100 cm³/mol. The Bertz CT molecular complexity index is 806. The van der Waals surface area contributed by atoms with Crippen LogP contribution in [-0.2, 0) is 4.79 Å². The fraction of sp³-hybridized carbons (Fsp3) is 0.167. The van der Waals surface area contributed by atoms with Gasteiger partial charge in [0.15, 0.2) is 5.11 Å². The summed E-state index contributed by atoms with van der Waals surface area (Å²) in [6, 6.07) is 10.5. The topological polar surface area (TPSA) is 70.2 Å². The Morgan fingerprint density at radius 3 is 2.40 bits per heavy atom. The van der Waals surface area contributed by atoms with Gasteiger partial charge in [0.2, 0.25) is 5.91 Å². The summed E-state index contributed by atoms with van der Waals surface area (Å²) in [6.07, 6.45) is 0.378. The Kier molecular flexibility index (Phi) is 6.19. The average Bonchev–Trinajstić information content (AvgIpc) is 2.58. The van der Waals surface area contributed by atoms with Crippen molar-refractivity contribution in [2.45, 2.75) is 20.3 Å². The lowest BCUT2D eigenvalue weighted by Gasteiger charge is -2.13. The number of hydrogen-bond donors (Lipinski definition) is 3. The number of anilines is 2. The summed E-state index contributed by atoms with van der Waals surface area (Å²) in [5, 5.41) is 8.31. The maximum absolute atomic E-state index is 12.9. The third-order valence-electron chi connectivity index (χ3n) is 3.42. The van der Waals surface area contributed by atoms with Gasteiger partial charge in [0.1, 0.15) is 5.82 Å². The molecule has 7 heteroatoms. The molecule has 130 valence electrons. The molecule has 0 radical (unpaired) electrons. The van der Waals surface area contributed by atoms with Crippen LogP contribution in [0.15, 0.2) is 42.5 Å². The van der Waals surface area contributed by atoms with E-state index in [-0.39, 0.29) is 11.0 Å². The number of benzene rings is 2. The molecule has 0 aliphatic rings. The number of carbonyl (C=O) groups is 2. The van der Waals surface area contributed by atoms with Crippen LogP contribution in [0.1, 0.15) is 29.3 Å². The highest BCUT2D eigenvalue weighted by Gasteiger charge is 2.09. The summed E-state index contributed by atoms with van der Waals surface area (Å²) in [6.45, 7) is 3.65. The Balaban J connectivity index is 2.02. The van der Waals surface area contributed by atoms with Crippen molar-refractivity contribution < 1.29 is 14.0 Å². The maximum Gasteiger partial charge on any atom is 0.257 e. The first-order valence-corrected chi connectivity index (χ1v) is 8.08.